The van der Waals surface area contributed by atoms with Gasteiger partial charge in [-0.25, -0.2) is 4.98 Å². The lowest BCUT2D eigenvalue weighted by Crippen LogP contribution is -2.30. The number of hydrogen-bond acceptors (Lipinski definition) is 3. The number of carbonyl (C=O) groups excluding carboxylic acids is 1. The smallest absolute Gasteiger partial charge is 0.240 e. The molecular formula is C19H21N3O2. The molecule has 0 saturated carbocycles. The van der Waals surface area contributed by atoms with Crippen molar-refractivity contribution in [2.24, 2.45) is 0 Å². The molecule has 24 heavy (non-hydrogen) atoms. The summed E-state index contributed by atoms with van der Waals surface area (Å²) in [5.74, 6) is 0.384. The summed E-state index contributed by atoms with van der Waals surface area (Å²) in [4.78, 5) is 16.9. The molecule has 0 saturated heterocycles. The van der Waals surface area contributed by atoms with E-state index in [4.69, 9.17) is 0 Å². The van der Waals surface area contributed by atoms with Crippen LogP contribution in [0.5, 0.6) is 0 Å². The van der Waals surface area contributed by atoms with E-state index in [2.05, 4.69) is 10.3 Å². The third-order valence-corrected chi connectivity index (χ3v) is 4.04. The molecule has 0 aliphatic heterocycles. The van der Waals surface area contributed by atoms with E-state index in [0.717, 1.165) is 16.6 Å². The topological polar surface area (TPSA) is 67.2 Å². The van der Waals surface area contributed by atoms with E-state index in [1.165, 1.54) is 0 Å². The van der Waals surface area contributed by atoms with Gasteiger partial charge in [0.15, 0.2) is 0 Å². The Balaban J connectivity index is 1.81. The molecular weight excluding hydrogens is 302 g/mol. The second kappa shape index (κ2) is 6.84. The van der Waals surface area contributed by atoms with Crippen molar-refractivity contribution in [3.63, 3.8) is 0 Å². The molecule has 0 bridgehead atoms. The Morgan fingerprint density at radius 3 is 2.50 bits per heavy atom. The SMILES string of the molecule is C[C@H](O)c1nc2ccccc2n1CC(=O)N[C@H](C)c1ccccc1. The minimum Gasteiger partial charge on any atom is -0.385 e. The van der Waals surface area contributed by atoms with Gasteiger partial charge in [0.1, 0.15) is 18.5 Å². The van der Waals surface area contributed by atoms with Gasteiger partial charge in [-0.05, 0) is 31.5 Å². The molecule has 1 heterocycles. The van der Waals surface area contributed by atoms with Gasteiger partial charge in [-0.2, -0.15) is 0 Å². The number of para-hydroxylation sites is 2. The molecule has 0 radical (unpaired) electrons. The normalized spacial score (nSPS) is 13.6. The van der Waals surface area contributed by atoms with Gasteiger partial charge in [-0.3, -0.25) is 4.79 Å². The highest BCUT2D eigenvalue weighted by Crippen LogP contribution is 2.20. The first-order chi connectivity index (χ1) is 11.6. The zero-order chi connectivity index (χ0) is 17.1. The number of benzene rings is 2. The largest absolute Gasteiger partial charge is 0.385 e. The van der Waals surface area contributed by atoms with Crippen molar-refractivity contribution in [2.45, 2.75) is 32.5 Å². The summed E-state index contributed by atoms with van der Waals surface area (Å²) in [7, 11) is 0. The van der Waals surface area contributed by atoms with Gasteiger partial charge in [-0.1, -0.05) is 42.5 Å². The maximum atomic E-state index is 12.5. The van der Waals surface area contributed by atoms with Gasteiger partial charge in [-0.15, -0.1) is 0 Å². The Labute approximate surface area is 141 Å². The maximum Gasteiger partial charge on any atom is 0.240 e. The van der Waals surface area contributed by atoms with Crippen LogP contribution in [0, 0.1) is 0 Å². The van der Waals surface area contributed by atoms with E-state index in [0.29, 0.717) is 5.82 Å². The highest BCUT2D eigenvalue weighted by Gasteiger charge is 2.17. The standard InChI is InChI=1S/C19H21N3O2/c1-13(15-8-4-3-5-9-15)20-18(24)12-22-17-11-7-6-10-16(17)21-19(22)14(2)23/h3-11,13-14,23H,12H2,1-2H3,(H,20,24)/t13-,14+/m1/s1. The molecule has 3 aromatic rings. The molecule has 2 aromatic carbocycles. The number of nitrogens with zero attached hydrogens (tertiary/aromatic N) is 2. The van der Waals surface area contributed by atoms with Crippen molar-refractivity contribution in [1.29, 1.82) is 0 Å². The van der Waals surface area contributed by atoms with E-state index < -0.39 is 6.10 Å². The number of aliphatic hydroxyl groups excluding tert-OH is 1. The first kappa shape index (κ1) is 16.2. The van der Waals surface area contributed by atoms with E-state index in [1.54, 1.807) is 11.5 Å². The van der Waals surface area contributed by atoms with E-state index in [9.17, 15) is 9.90 Å². The van der Waals surface area contributed by atoms with E-state index in [-0.39, 0.29) is 18.5 Å². The number of imidazole rings is 1. The van der Waals surface area contributed by atoms with Gasteiger partial charge in [0.2, 0.25) is 5.91 Å². The summed E-state index contributed by atoms with van der Waals surface area (Å²) in [6.45, 7) is 3.73. The van der Waals surface area contributed by atoms with Gasteiger partial charge < -0.3 is 15.0 Å². The first-order valence-electron chi connectivity index (χ1n) is 8.04. The van der Waals surface area contributed by atoms with Crippen LogP contribution in [0.2, 0.25) is 0 Å². The van der Waals surface area contributed by atoms with Crippen molar-refractivity contribution in [3.8, 4) is 0 Å². The molecule has 0 fully saturated rings. The van der Waals surface area contributed by atoms with Crippen molar-refractivity contribution in [1.82, 2.24) is 14.9 Å². The van der Waals surface area contributed by atoms with Crippen LogP contribution < -0.4 is 5.32 Å². The number of aliphatic hydroxyl groups is 1. The highest BCUT2D eigenvalue weighted by molar-refractivity contribution is 5.81. The summed E-state index contributed by atoms with van der Waals surface area (Å²) in [6.07, 6.45) is -0.739. The van der Waals surface area contributed by atoms with Crippen LogP contribution in [0.3, 0.4) is 0 Å². The molecule has 5 nitrogen and oxygen atoms in total. The number of hydrogen-bond donors (Lipinski definition) is 2. The molecule has 1 aromatic heterocycles. The number of fused-ring (bicyclic) bond motifs is 1. The molecule has 0 spiro atoms. The monoisotopic (exact) mass is 323 g/mol. The fourth-order valence-corrected chi connectivity index (χ4v) is 2.84. The molecule has 5 heteroatoms. The van der Waals surface area contributed by atoms with Gasteiger partial charge in [0.25, 0.3) is 0 Å². The fourth-order valence-electron chi connectivity index (χ4n) is 2.84. The van der Waals surface area contributed by atoms with Crippen molar-refractivity contribution >= 4 is 16.9 Å². The van der Waals surface area contributed by atoms with E-state index >= 15 is 0 Å². The van der Waals surface area contributed by atoms with E-state index in [1.807, 2.05) is 61.5 Å². The first-order valence-corrected chi connectivity index (χ1v) is 8.04. The average molecular weight is 323 g/mol. The fraction of sp³-hybridized carbons (Fsp3) is 0.263. The summed E-state index contributed by atoms with van der Waals surface area (Å²) in [5, 5.41) is 13.0. The van der Waals surface area contributed by atoms with Gasteiger partial charge in [0, 0.05) is 0 Å². The lowest BCUT2D eigenvalue weighted by atomic mass is 10.1. The molecule has 124 valence electrons. The molecule has 0 aliphatic carbocycles. The second-order valence-corrected chi connectivity index (χ2v) is 5.92. The van der Waals surface area contributed by atoms with Gasteiger partial charge in [0.05, 0.1) is 17.1 Å². The zero-order valence-electron chi connectivity index (χ0n) is 13.8. The molecule has 1 amide bonds. The van der Waals surface area contributed by atoms with Crippen LogP contribution in [0.4, 0.5) is 0 Å². The summed E-state index contributed by atoms with van der Waals surface area (Å²) < 4.78 is 1.77. The quantitative estimate of drug-likeness (QED) is 0.758. The molecule has 0 aliphatic rings. The summed E-state index contributed by atoms with van der Waals surface area (Å²) in [6, 6.07) is 17.3. The third kappa shape index (κ3) is 3.31. The summed E-state index contributed by atoms with van der Waals surface area (Å²) in [5.41, 5.74) is 2.67. The molecule has 2 N–H and O–H groups in total. The number of amides is 1. The van der Waals surface area contributed by atoms with Crippen molar-refractivity contribution in [3.05, 3.63) is 66.0 Å². The highest BCUT2D eigenvalue weighted by atomic mass is 16.3. The molecule has 2 atom stereocenters. The van der Waals surface area contributed by atoms with Crippen LogP contribution >= 0.6 is 0 Å². The lowest BCUT2D eigenvalue weighted by Gasteiger charge is -2.16. The Kier molecular flexibility index (Phi) is 4.62. The van der Waals surface area contributed by atoms with Gasteiger partial charge >= 0.3 is 0 Å². The maximum absolute atomic E-state index is 12.5. The average Bonchev–Trinajstić information content (AvgIpc) is 2.94. The predicted molar refractivity (Wildman–Crippen MR) is 93.4 cm³/mol. The minimum atomic E-state index is -0.739. The molecule has 3 rings (SSSR count). The van der Waals surface area contributed by atoms with Crippen LogP contribution in [0.25, 0.3) is 11.0 Å². The number of nitrogens with one attached hydrogen (secondary N) is 1. The minimum absolute atomic E-state index is 0.0801. The van der Waals surface area contributed by atoms with Crippen LogP contribution in [-0.2, 0) is 11.3 Å². The number of aromatic nitrogens is 2. The molecule has 0 unspecified atom stereocenters. The predicted octanol–water partition coefficient (Wildman–Crippen LogP) is 2.97. The number of carbonyl (C=O) groups is 1. The Morgan fingerprint density at radius 2 is 1.79 bits per heavy atom. The Hall–Kier alpha value is -2.66. The van der Waals surface area contributed by atoms with Crippen LogP contribution in [0.15, 0.2) is 54.6 Å². The van der Waals surface area contributed by atoms with Crippen molar-refractivity contribution in [2.75, 3.05) is 0 Å². The Bertz CT molecular complexity index is 840. The third-order valence-electron chi connectivity index (χ3n) is 4.04. The second-order valence-electron chi connectivity index (χ2n) is 5.92. The van der Waals surface area contributed by atoms with Crippen LogP contribution in [0.1, 0.15) is 37.4 Å². The van der Waals surface area contributed by atoms with Crippen molar-refractivity contribution < 1.29 is 9.90 Å². The Morgan fingerprint density at radius 1 is 1.12 bits per heavy atom. The number of rotatable bonds is 5. The lowest BCUT2D eigenvalue weighted by molar-refractivity contribution is -0.122. The van der Waals surface area contributed by atoms with Crippen LogP contribution in [-0.4, -0.2) is 20.6 Å². The summed E-state index contributed by atoms with van der Waals surface area (Å²) >= 11 is 0. The zero-order valence-corrected chi connectivity index (χ0v) is 13.8.